The molecule has 0 aliphatic carbocycles. The van der Waals surface area contributed by atoms with Crippen molar-refractivity contribution in [3.63, 3.8) is 0 Å². The normalized spacial score (nSPS) is 20.4. The van der Waals surface area contributed by atoms with Crippen LogP contribution in [0.25, 0.3) is 0 Å². The van der Waals surface area contributed by atoms with E-state index in [9.17, 15) is 4.79 Å². The minimum absolute atomic E-state index is 0.0688. The lowest BCUT2D eigenvalue weighted by Gasteiger charge is -2.27. The molecule has 0 unspecified atom stereocenters. The summed E-state index contributed by atoms with van der Waals surface area (Å²) in [4.78, 5) is 16.6. The van der Waals surface area contributed by atoms with E-state index in [0.29, 0.717) is 12.6 Å². The number of nitrogens with zero attached hydrogens (tertiary/aromatic N) is 1. The molecule has 1 saturated heterocycles. The van der Waals surface area contributed by atoms with Crippen LogP contribution < -0.4 is 15.4 Å². The third-order valence-corrected chi connectivity index (χ3v) is 4.21. The van der Waals surface area contributed by atoms with Crippen molar-refractivity contribution >= 4 is 11.6 Å². The van der Waals surface area contributed by atoms with Crippen LogP contribution in [-0.4, -0.2) is 23.5 Å². The second-order valence-corrected chi connectivity index (χ2v) is 6.20. The summed E-state index contributed by atoms with van der Waals surface area (Å²) in [6, 6.07) is 13.6. The maximum absolute atomic E-state index is 12.4. The van der Waals surface area contributed by atoms with Gasteiger partial charge in [0.05, 0.1) is 5.69 Å². The van der Waals surface area contributed by atoms with Crippen LogP contribution in [0.2, 0.25) is 0 Å². The van der Waals surface area contributed by atoms with Crippen molar-refractivity contribution < 1.29 is 9.53 Å². The van der Waals surface area contributed by atoms with Gasteiger partial charge in [-0.15, -0.1) is 0 Å². The van der Waals surface area contributed by atoms with E-state index in [4.69, 9.17) is 4.74 Å². The highest BCUT2D eigenvalue weighted by Crippen LogP contribution is 2.22. The predicted molar refractivity (Wildman–Crippen MR) is 93.8 cm³/mol. The standard InChI is InChI=1S/C19H23N3O2/c1-14-11-15(8-10-20-14)19(23)22-16-6-4-7-18(12-16)24-13-17-5-2-3-9-21-17/h2-7,9,12,14-15,20H,8,10-11,13H2,1H3,(H,22,23)/t14-,15-/m0/s1. The molecule has 2 N–H and O–H groups in total. The predicted octanol–water partition coefficient (Wildman–Crippen LogP) is 2.99. The second-order valence-electron chi connectivity index (χ2n) is 6.20. The number of rotatable bonds is 5. The highest BCUT2D eigenvalue weighted by atomic mass is 16.5. The Bertz CT molecular complexity index is 675. The minimum Gasteiger partial charge on any atom is -0.487 e. The molecule has 0 radical (unpaired) electrons. The highest BCUT2D eigenvalue weighted by Gasteiger charge is 2.24. The van der Waals surface area contributed by atoms with E-state index >= 15 is 0 Å². The number of nitrogens with one attached hydrogen (secondary N) is 2. The molecule has 24 heavy (non-hydrogen) atoms. The summed E-state index contributed by atoms with van der Waals surface area (Å²) in [5.74, 6) is 0.877. The molecule has 3 rings (SSSR count). The second kappa shape index (κ2) is 7.93. The highest BCUT2D eigenvalue weighted by molar-refractivity contribution is 5.92. The lowest BCUT2D eigenvalue weighted by Crippen LogP contribution is -2.40. The molecular formula is C19H23N3O2. The number of piperidine rings is 1. The molecule has 0 bridgehead atoms. The van der Waals surface area contributed by atoms with Crippen molar-refractivity contribution in [2.75, 3.05) is 11.9 Å². The first-order valence-electron chi connectivity index (χ1n) is 8.38. The number of benzene rings is 1. The Kier molecular flexibility index (Phi) is 5.43. The van der Waals surface area contributed by atoms with Crippen LogP contribution in [0.3, 0.4) is 0 Å². The van der Waals surface area contributed by atoms with Gasteiger partial charge in [0.15, 0.2) is 0 Å². The Morgan fingerprint density at radius 2 is 2.25 bits per heavy atom. The summed E-state index contributed by atoms with van der Waals surface area (Å²) in [6.45, 7) is 3.42. The number of amides is 1. The zero-order valence-corrected chi connectivity index (χ0v) is 13.9. The molecule has 1 aliphatic rings. The van der Waals surface area contributed by atoms with E-state index in [1.165, 1.54) is 0 Å². The van der Waals surface area contributed by atoms with Crippen LogP contribution in [0.4, 0.5) is 5.69 Å². The third kappa shape index (κ3) is 4.55. The van der Waals surface area contributed by atoms with Crippen LogP contribution >= 0.6 is 0 Å². The number of anilines is 1. The van der Waals surface area contributed by atoms with Gasteiger partial charge in [-0.3, -0.25) is 9.78 Å². The van der Waals surface area contributed by atoms with Crippen LogP contribution in [0, 0.1) is 5.92 Å². The number of carbonyl (C=O) groups excluding carboxylic acids is 1. The quantitative estimate of drug-likeness (QED) is 0.887. The SMILES string of the molecule is C[C@H]1C[C@@H](C(=O)Nc2cccc(OCc3ccccn3)c2)CCN1. The van der Waals surface area contributed by atoms with Gasteiger partial charge in [0.2, 0.25) is 5.91 Å². The summed E-state index contributed by atoms with van der Waals surface area (Å²) in [5, 5.41) is 6.37. The first-order valence-corrected chi connectivity index (χ1v) is 8.38. The first-order chi connectivity index (χ1) is 11.7. The fourth-order valence-electron chi connectivity index (χ4n) is 2.92. The van der Waals surface area contributed by atoms with Gasteiger partial charge in [0, 0.05) is 29.9 Å². The minimum atomic E-state index is 0.0688. The van der Waals surface area contributed by atoms with Gasteiger partial charge in [0.25, 0.3) is 0 Å². The van der Waals surface area contributed by atoms with Crippen LogP contribution in [-0.2, 0) is 11.4 Å². The number of hydrogen-bond donors (Lipinski definition) is 2. The van der Waals surface area contributed by atoms with Crippen LogP contribution in [0.1, 0.15) is 25.5 Å². The van der Waals surface area contributed by atoms with Gasteiger partial charge < -0.3 is 15.4 Å². The Balaban J connectivity index is 1.57. The summed E-state index contributed by atoms with van der Waals surface area (Å²) >= 11 is 0. The van der Waals surface area contributed by atoms with E-state index < -0.39 is 0 Å². The molecule has 2 aromatic rings. The van der Waals surface area contributed by atoms with E-state index in [1.807, 2.05) is 42.5 Å². The molecule has 1 amide bonds. The molecule has 126 valence electrons. The van der Waals surface area contributed by atoms with E-state index in [2.05, 4.69) is 22.5 Å². The smallest absolute Gasteiger partial charge is 0.227 e. The fraction of sp³-hybridized carbons (Fsp3) is 0.368. The first kappa shape index (κ1) is 16.5. The van der Waals surface area contributed by atoms with Crippen molar-refractivity contribution in [3.8, 4) is 5.75 Å². The molecule has 1 fully saturated rings. The van der Waals surface area contributed by atoms with Crippen molar-refractivity contribution in [2.24, 2.45) is 5.92 Å². The molecule has 2 heterocycles. The van der Waals surface area contributed by atoms with Gasteiger partial charge in [-0.1, -0.05) is 12.1 Å². The monoisotopic (exact) mass is 325 g/mol. The van der Waals surface area contributed by atoms with E-state index in [0.717, 1.165) is 36.5 Å². The molecule has 1 aromatic carbocycles. The molecule has 1 aliphatic heterocycles. The summed E-state index contributed by atoms with van der Waals surface area (Å²) in [5.41, 5.74) is 1.64. The number of ether oxygens (including phenoxy) is 1. The van der Waals surface area contributed by atoms with Gasteiger partial charge in [-0.2, -0.15) is 0 Å². The lowest BCUT2D eigenvalue weighted by molar-refractivity contribution is -0.120. The molecular weight excluding hydrogens is 302 g/mol. The Morgan fingerprint density at radius 1 is 1.33 bits per heavy atom. The average molecular weight is 325 g/mol. The lowest BCUT2D eigenvalue weighted by atomic mass is 9.92. The summed E-state index contributed by atoms with van der Waals surface area (Å²) < 4.78 is 5.75. The maximum Gasteiger partial charge on any atom is 0.227 e. The van der Waals surface area contributed by atoms with Crippen LogP contribution in [0.5, 0.6) is 5.75 Å². The van der Waals surface area contributed by atoms with Crippen molar-refractivity contribution in [2.45, 2.75) is 32.4 Å². The van der Waals surface area contributed by atoms with E-state index in [-0.39, 0.29) is 11.8 Å². The van der Waals surface area contributed by atoms with Gasteiger partial charge in [0.1, 0.15) is 12.4 Å². The maximum atomic E-state index is 12.4. The number of aromatic nitrogens is 1. The molecule has 0 saturated carbocycles. The van der Waals surface area contributed by atoms with Gasteiger partial charge in [-0.25, -0.2) is 0 Å². The number of hydrogen-bond acceptors (Lipinski definition) is 4. The van der Waals surface area contributed by atoms with Crippen molar-refractivity contribution in [3.05, 3.63) is 54.4 Å². The topological polar surface area (TPSA) is 63.2 Å². The largest absolute Gasteiger partial charge is 0.487 e. The molecule has 0 spiro atoms. The molecule has 2 atom stereocenters. The van der Waals surface area contributed by atoms with Gasteiger partial charge >= 0.3 is 0 Å². The molecule has 5 heteroatoms. The Morgan fingerprint density at radius 3 is 3.04 bits per heavy atom. The van der Waals surface area contributed by atoms with Crippen molar-refractivity contribution in [1.82, 2.24) is 10.3 Å². The zero-order valence-electron chi connectivity index (χ0n) is 13.9. The van der Waals surface area contributed by atoms with Gasteiger partial charge in [-0.05, 0) is 50.6 Å². The summed E-state index contributed by atoms with van der Waals surface area (Å²) in [6.07, 6.45) is 3.50. The summed E-state index contributed by atoms with van der Waals surface area (Å²) in [7, 11) is 0. The fourth-order valence-corrected chi connectivity index (χ4v) is 2.92. The molecule has 5 nitrogen and oxygen atoms in total. The zero-order chi connectivity index (χ0) is 16.8. The average Bonchev–Trinajstić information content (AvgIpc) is 2.61. The Labute approximate surface area is 142 Å². The third-order valence-electron chi connectivity index (χ3n) is 4.21. The van der Waals surface area contributed by atoms with Crippen molar-refractivity contribution in [1.29, 1.82) is 0 Å². The Hall–Kier alpha value is -2.40. The number of carbonyl (C=O) groups is 1. The molecule has 1 aromatic heterocycles. The number of pyridine rings is 1. The van der Waals surface area contributed by atoms with Crippen LogP contribution in [0.15, 0.2) is 48.7 Å². The van der Waals surface area contributed by atoms with E-state index in [1.54, 1.807) is 6.20 Å².